The van der Waals surface area contributed by atoms with Crippen LogP contribution < -0.4 is 0 Å². The van der Waals surface area contributed by atoms with Gasteiger partial charge >= 0.3 is 18.1 Å². The van der Waals surface area contributed by atoms with Crippen molar-refractivity contribution in [3.63, 3.8) is 0 Å². The zero-order valence-electron chi connectivity index (χ0n) is 16.3. The summed E-state index contributed by atoms with van der Waals surface area (Å²) in [5.74, 6) is -3.60. The second-order valence-electron chi connectivity index (χ2n) is 7.29. The van der Waals surface area contributed by atoms with E-state index in [1.165, 1.54) is 0 Å². The van der Waals surface area contributed by atoms with E-state index in [0.29, 0.717) is 13.1 Å². The second-order valence-corrected chi connectivity index (χ2v) is 7.29. The lowest BCUT2D eigenvalue weighted by atomic mass is 9.83. The van der Waals surface area contributed by atoms with Gasteiger partial charge in [0.2, 0.25) is 0 Å². The molecular weight excluding hydrogens is 405 g/mol. The molecule has 0 spiro atoms. The van der Waals surface area contributed by atoms with Crippen molar-refractivity contribution in [2.75, 3.05) is 26.2 Å². The molecule has 1 aliphatic carbocycles. The normalized spacial score (nSPS) is 22.6. The highest BCUT2D eigenvalue weighted by atomic mass is 19.4. The lowest BCUT2D eigenvalue weighted by Crippen LogP contribution is -2.55. The van der Waals surface area contributed by atoms with E-state index in [1.807, 2.05) is 35.2 Å². The Morgan fingerprint density at radius 1 is 0.900 bits per heavy atom. The lowest BCUT2D eigenvalue weighted by Gasteiger charge is -2.43. The summed E-state index contributed by atoms with van der Waals surface area (Å²) >= 11 is 0. The van der Waals surface area contributed by atoms with Crippen molar-refractivity contribution < 1.29 is 37.8 Å². The summed E-state index contributed by atoms with van der Waals surface area (Å²) in [6.07, 6.45) is -1.22. The molecule has 0 radical (unpaired) electrons. The van der Waals surface area contributed by atoms with Gasteiger partial charge in [-0.3, -0.25) is 14.5 Å². The van der Waals surface area contributed by atoms with E-state index in [2.05, 4.69) is 4.90 Å². The number of halogens is 3. The van der Waals surface area contributed by atoms with Crippen molar-refractivity contribution in [2.24, 2.45) is 5.92 Å². The number of carboxylic acids is 2. The Morgan fingerprint density at radius 2 is 1.43 bits per heavy atom. The summed E-state index contributed by atoms with van der Waals surface area (Å²) in [4.78, 5) is 37.0. The first-order chi connectivity index (χ1) is 14.1. The molecule has 3 rings (SSSR count). The molecule has 0 bridgehead atoms. The van der Waals surface area contributed by atoms with Crippen molar-refractivity contribution in [1.29, 1.82) is 0 Å². The fourth-order valence-corrected chi connectivity index (χ4v) is 3.86. The van der Waals surface area contributed by atoms with E-state index in [1.54, 1.807) is 0 Å². The maximum Gasteiger partial charge on any atom is 0.490 e. The SMILES string of the molecule is O=C(O)C(F)(F)F.O=C(O)[C@@H]1CCCC[C@H]1N1CCN(C(=O)c2ccccc2)CC1. The third-order valence-corrected chi connectivity index (χ3v) is 5.38. The average Bonchev–Trinajstić information content (AvgIpc) is 2.73. The van der Waals surface area contributed by atoms with Gasteiger partial charge in [0.25, 0.3) is 5.91 Å². The monoisotopic (exact) mass is 430 g/mol. The van der Waals surface area contributed by atoms with Gasteiger partial charge in [-0.2, -0.15) is 13.2 Å². The maximum absolute atomic E-state index is 12.5. The van der Waals surface area contributed by atoms with Crippen molar-refractivity contribution in [2.45, 2.75) is 37.9 Å². The standard InChI is InChI=1S/C18H24N2O3.C2HF3O2/c21-17(14-6-2-1-3-7-14)20-12-10-19(11-13-20)16-9-5-4-8-15(16)18(22)23;3-2(4,5)1(6)7/h1-3,6-7,15-16H,4-5,8-13H2,(H,22,23);(H,6,7)/t15-,16-;/m1./s1. The number of rotatable bonds is 3. The zero-order valence-corrected chi connectivity index (χ0v) is 16.3. The van der Waals surface area contributed by atoms with E-state index in [9.17, 15) is 27.9 Å². The summed E-state index contributed by atoms with van der Waals surface area (Å²) in [7, 11) is 0. The van der Waals surface area contributed by atoms with Crippen molar-refractivity contribution in [3.05, 3.63) is 35.9 Å². The Labute approximate surface area is 172 Å². The number of piperazine rings is 1. The highest BCUT2D eigenvalue weighted by molar-refractivity contribution is 5.94. The second kappa shape index (κ2) is 10.4. The first-order valence-electron chi connectivity index (χ1n) is 9.72. The number of benzene rings is 1. The first-order valence-corrected chi connectivity index (χ1v) is 9.72. The quantitative estimate of drug-likeness (QED) is 0.765. The Morgan fingerprint density at radius 3 is 1.93 bits per heavy atom. The molecule has 166 valence electrons. The van der Waals surface area contributed by atoms with Gasteiger partial charge in [-0.1, -0.05) is 31.0 Å². The van der Waals surface area contributed by atoms with E-state index in [4.69, 9.17) is 9.90 Å². The fraction of sp³-hybridized carbons (Fsp3) is 0.550. The molecule has 0 aromatic heterocycles. The number of hydrogen-bond acceptors (Lipinski definition) is 4. The molecule has 10 heteroatoms. The van der Waals surface area contributed by atoms with Crippen LogP contribution in [0.1, 0.15) is 36.0 Å². The Hall–Kier alpha value is -2.62. The molecule has 1 aromatic rings. The fourth-order valence-electron chi connectivity index (χ4n) is 3.86. The number of carbonyl (C=O) groups excluding carboxylic acids is 1. The first kappa shape index (κ1) is 23.7. The summed E-state index contributed by atoms with van der Waals surface area (Å²) in [6, 6.07) is 9.48. The number of amides is 1. The van der Waals surface area contributed by atoms with Crippen LogP contribution in [0.25, 0.3) is 0 Å². The molecule has 2 aliphatic rings. The summed E-state index contributed by atoms with van der Waals surface area (Å²) in [5.41, 5.74) is 0.724. The third-order valence-electron chi connectivity index (χ3n) is 5.38. The van der Waals surface area contributed by atoms with Crippen LogP contribution in [0.2, 0.25) is 0 Å². The molecule has 1 saturated carbocycles. The lowest BCUT2D eigenvalue weighted by molar-refractivity contribution is -0.192. The van der Waals surface area contributed by atoms with Crippen LogP contribution >= 0.6 is 0 Å². The molecule has 2 fully saturated rings. The number of aliphatic carboxylic acids is 2. The highest BCUT2D eigenvalue weighted by Gasteiger charge is 2.38. The summed E-state index contributed by atoms with van der Waals surface area (Å²) < 4.78 is 31.7. The number of carboxylic acid groups (broad SMARTS) is 2. The van der Waals surface area contributed by atoms with Crippen LogP contribution in [0, 0.1) is 5.92 Å². The van der Waals surface area contributed by atoms with E-state index in [0.717, 1.165) is 44.3 Å². The molecule has 1 aromatic carbocycles. The minimum absolute atomic E-state index is 0.0729. The summed E-state index contributed by atoms with van der Waals surface area (Å²) in [5, 5.41) is 16.6. The van der Waals surface area contributed by atoms with Gasteiger partial charge in [-0.15, -0.1) is 0 Å². The van der Waals surface area contributed by atoms with Crippen molar-refractivity contribution in [3.8, 4) is 0 Å². The van der Waals surface area contributed by atoms with Crippen molar-refractivity contribution in [1.82, 2.24) is 9.80 Å². The Balaban J connectivity index is 0.000000396. The van der Waals surface area contributed by atoms with Crippen LogP contribution in [-0.2, 0) is 9.59 Å². The van der Waals surface area contributed by atoms with Crippen LogP contribution in [0.3, 0.4) is 0 Å². The Kier molecular flexibility index (Phi) is 8.22. The molecule has 0 unspecified atom stereocenters. The van der Waals surface area contributed by atoms with Crippen molar-refractivity contribution >= 4 is 17.8 Å². The van der Waals surface area contributed by atoms with Crippen LogP contribution in [0.4, 0.5) is 13.2 Å². The van der Waals surface area contributed by atoms with E-state index < -0.39 is 18.1 Å². The minimum atomic E-state index is -5.08. The number of nitrogens with zero attached hydrogens (tertiary/aromatic N) is 2. The molecule has 30 heavy (non-hydrogen) atoms. The molecule has 2 atom stereocenters. The van der Waals surface area contributed by atoms with Crippen LogP contribution in [0.5, 0.6) is 0 Å². The molecule has 1 saturated heterocycles. The zero-order chi connectivity index (χ0) is 22.3. The average molecular weight is 430 g/mol. The topological polar surface area (TPSA) is 98.1 Å². The largest absolute Gasteiger partial charge is 0.490 e. The molecular formula is C20H25F3N2O5. The molecule has 1 aliphatic heterocycles. The molecule has 1 heterocycles. The van der Waals surface area contributed by atoms with Gasteiger partial charge in [0.1, 0.15) is 0 Å². The van der Waals surface area contributed by atoms with Gasteiger partial charge in [0.15, 0.2) is 0 Å². The number of hydrogen-bond donors (Lipinski definition) is 2. The predicted octanol–water partition coefficient (Wildman–Crippen LogP) is 2.72. The maximum atomic E-state index is 12.5. The van der Waals surface area contributed by atoms with E-state index in [-0.39, 0.29) is 17.9 Å². The number of carbonyl (C=O) groups is 3. The predicted molar refractivity (Wildman–Crippen MR) is 101 cm³/mol. The van der Waals surface area contributed by atoms with Gasteiger partial charge in [0.05, 0.1) is 5.92 Å². The van der Waals surface area contributed by atoms with Gasteiger partial charge in [0, 0.05) is 37.8 Å². The third kappa shape index (κ3) is 6.45. The van der Waals surface area contributed by atoms with Crippen LogP contribution in [-0.4, -0.2) is 76.3 Å². The Bertz CT molecular complexity index is 734. The van der Waals surface area contributed by atoms with Gasteiger partial charge < -0.3 is 15.1 Å². The molecule has 1 amide bonds. The molecule has 2 N–H and O–H groups in total. The summed E-state index contributed by atoms with van der Waals surface area (Å²) in [6.45, 7) is 2.90. The minimum Gasteiger partial charge on any atom is -0.481 e. The molecule has 7 nitrogen and oxygen atoms in total. The van der Waals surface area contributed by atoms with Crippen LogP contribution in [0.15, 0.2) is 30.3 Å². The van der Waals surface area contributed by atoms with Gasteiger partial charge in [-0.05, 0) is 25.0 Å². The van der Waals surface area contributed by atoms with Gasteiger partial charge in [-0.25, -0.2) is 4.79 Å². The smallest absolute Gasteiger partial charge is 0.481 e. The van der Waals surface area contributed by atoms with E-state index >= 15 is 0 Å². The highest BCUT2D eigenvalue weighted by Crippen LogP contribution is 2.29. The number of alkyl halides is 3.